The molecule has 208 valence electrons. The Labute approximate surface area is 234 Å². The van der Waals surface area contributed by atoms with E-state index in [1.54, 1.807) is 115 Å². The van der Waals surface area contributed by atoms with E-state index in [0.29, 0.717) is 22.3 Å². The second kappa shape index (κ2) is 12.7. The van der Waals surface area contributed by atoms with Gasteiger partial charge in [0.1, 0.15) is 17.3 Å². The van der Waals surface area contributed by atoms with Crippen LogP contribution in [0.5, 0.6) is 0 Å². The summed E-state index contributed by atoms with van der Waals surface area (Å²) in [6.45, 7) is -0.954. The summed E-state index contributed by atoms with van der Waals surface area (Å²) in [4.78, 5) is 14.2. The number of ketones is 1. The number of benzene rings is 4. The summed E-state index contributed by atoms with van der Waals surface area (Å²) in [7, 11) is 0. The molecule has 4 aromatic rings. The molecule has 0 radical (unpaired) electrons. The third-order valence-corrected chi connectivity index (χ3v) is 7.64. The lowest BCUT2D eigenvalue weighted by atomic mass is 9.61. The van der Waals surface area contributed by atoms with Crippen LogP contribution in [0.25, 0.3) is 0 Å². The molecule has 0 aliphatic carbocycles. The first-order valence-corrected chi connectivity index (χ1v) is 13.4. The van der Waals surface area contributed by atoms with Gasteiger partial charge in [-0.2, -0.15) is 0 Å². The molecular weight excluding hydrogens is 504 g/mol. The van der Waals surface area contributed by atoms with E-state index in [2.05, 4.69) is 0 Å². The first-order valence-electron chi connectivity index (χ1n) is 13.4. The minimum Gasteiger partial charge on any atom is -0.393 e. The van der Waals surface area contributed by atoms with Crippen LogP contribution in [0, 0.1) is 0 Å². The number of hydrogen-bond donors (Lipinski definition) is 5. The summed E-state index contributed by atoms with van der Waals surface area (Å²) in [5.41, 5.74) is -5.42. The molecule has 0 amide bonds. The topological polar surface area (TPSA) is 118 Å². The van der Waals surface area contributed by atoms with Gasteiger partial charge in [0.25, 0.3) is 0 Å². The maximum absolute atomic E-state index is 14.2. The van der Waals surface area contributed by atoms with Crippen molar-refractivity contribution in [2.24, 2.45) is 0 Å². The van der Waals surface area contributed by atoms with Crippen LogP contribution < -0.4 is 0 Å². The minimum atomic E-state index is -2.70. The SMILES string of the molecule is O=C(C(O)Cc1ccccc1)C(O)(Cc1ccccc1)C(O)(Cc1ccccc1)C(O)(CO)Cc1ccccc1. The third kappa shape index (κ3) is 6.22. The average Bonchev–Trinajstić information content (AvgIpc) is 2.98. The van der Waals surface area contributed by atoms with Crippen molar-refractivity contribution in [3.8, 4) is 0 Å². The summed E-state index contributed by atoms with van der Waals surface area (Å²) in [6.07, 6.45) is -2.83. The molecule has 40 heavy (non-hydrogen) atoms. The fourth-order valence-electron chi connectivity index (χ4n) is 5.39. The lowest BCUT2D eigenvalue weighted by molar-refractivity contribution is -0.252. The molecule has 0 fully saturated rings. The molecule has 0 aromatic heterocycles. The standard InChI is InChI=1S/C34H36O6/c35-25-32(38,22-27-15-7-2-8-16-27)34(40,24-29-19-11-4-12-20-29)33(39,23-28-17-9-3-10-18-28)31(37)30(36)21-26-13-5-1-6-14-26/h1-20,30,35-36,38-40H,21-25H2. The van der Waals surface area contributed by atoms with Crippen LogP contribution in [0.15, 0.2) is 121 Å². The van der Waals surface area contributed by atoms with Crippen molar-refractivity contribution in [1.82, 2.24) is 0 Å². The van der Waals surface area contributed by atoms with Crippen LogP contribution in [0.3, 0.4) is 0 Å². The zero-order valence-corrected chi connectivity index (χ0v) is 22.3. The fourth-order valence-corrected chi connectivity index (χ4v) is 5.39. The lowest BCUT2D eigenvalue weighted by Crippen LogP contribution is -2.75. The molecule has 5 N–H and O–H groups in total. The Morgan fingerprint density at radius 3 is 1.38 bits per heavy atom. The van der Waals surface area contributed by atoms with Gasteiger partial charge < -0.3 is 25.5 Å². The summed E-state index contributed by atoms with van der Waals surface area (Å²) >= 11 is 0. The Morgan fingerprint density at radius 1 is 0.575 bits per heavy atom. The maximum atomic E-state index is 14.2. The highest BCUT2D eigenvalue weighted by Gasteiger charge is 2.65. The second-order valence-electron chi connectivity index (χ2n) is 10.5. The fraction of sp³-hybridized carbons (Fsp3) is 0.265. The van der Waals surface area contributed by atoms with Crippen molar-refractivity contribution in [2.75, 3.05) is 6.61 Å². The van der Waals surface area contributed by atoms with Crippen LogP contribution in [0.1, 0.15) is 22.3 Å². The molecule has 6 nitrogen and oxygen atoms in total. The van der Waals surface area contributed by atoms with Crippen molar-refractivity contribution in [3.05, 3.63) is 144 Å². The van der Waals surface area contributed by atoms with Gasteiger partial charge in [-0.1, -0.05) is 121 Å². The van der Waals surface area contributed by atoms with E-state index < -0.39 is 41.7 Å². The first kappa shape index (κ1) is 29.3. The predicted molar refractivity (Wildman–Crippen MR) is 154 cm³/mol. The van der Waals surface area contributed by atoms with E-state index in [1.165, 1.54) is 0 Å². The van der Waals surface area contributed by atoms with Crippen LogP contribution >= 0.6 is 0 Å². The quantitative estimate of drug-likeness (QED) is 0.178. The molecule has 4 aromatic carbocycles. The van der Waals surface area contributed by atoms with Crippen molar-refractivity contribution in [1.29, 1.82) is 0 Å². The van der Waals surface area contributed by atoms with Gasteiger partial charge in [0.2, 0.25) is 0 Å². The molecule has 0 bridgehead atoms. The molecule has 6 heteroatoms. The van der Waals surface area contributed by atoms with E-state index in [1.807, 2.05) is 6.07 Å². The van der Waals surface area contributed by atoms with Crippen LogP contribution in [-0.4, -0.2) is 60.8 Å². The van der Waals surface area contributed by atoms with Gasteiger partial charge >= 0.3 is 0 Å². The highest BCUT2D eigenvalue weighted by atomic mass is 16.4. The molecule has 0 saturated carbocycles. The zero-order chi connectivity index (χ0) is 28.6. The average molecular weight is 541 g/mol. The molecule has 0 aliphatic heterocycles. The van der Waals surface area contributed by atoms with Gasteiger partial charge in [0, 0.05) is 25.7 Å². The summed E-state index contributed by atoms with van der Waals surface area (Å²) in [5, 5.41) is 59.0. The minimum absolute atomic E-state index is 0.103. The smallest absolute Gasteiger partial charge is 0.196 e. The van der Waals surface area contributed by atoms with E-state index in [0.717, 1.165) is 0 Å². The molecular formula is C34H36O6. The van der Waals surface area contributed by atoms with E-state index in [4.69, 9.17) is 0 Å². The Bertz CT molecular complexity index is 1350. The number of carbonyl (C=O) groups is 1. The van der Waals surface area contributed by atoms with Crippen LogP contribution in [-0.2, 0) is 30.5 Å². The highest BCUT2D eigenvalue weighted by molar-refractivity contribution is 5.93. The summed E-state index contributed by atoms with van der Waals surface area (Å²) < 4.78 is 0. The second-order valence-corrected chi connectivity index (χ2v) is 10.5. The number of Topliss-reactive ketones (excluding diaryl/α,β-unsaturated/α-hetero) is 1. The molecule has 4 unspecified atom stereocenters. The number of aliphatic hydroxyl groups excluding tert-OH is 2. The monoisotopic (exact) mass is 540 g/mol. The molecule has 0 saturated heterocycles. The van der Waals surface area contributed by atoms with E-state index >= 15 is 0 Å². The number of rotatable bonds is 13. The van der Waals surface area contributed by atoms with E-state index in [-0.39, 0.29) is 19.3 Å². The number of aliphatic hydroxyl groups is 5. The van der Waals surface area contributed by atoms with Gasteiger partial charge in [-0.05, 0) is 22.3 Å². The molecule has 0 aliphatic rings. The van der Waals surface area contributed by atoms with Crippen molar-refractivity contribution in [3.63, 3.8) is 0 Å². The Kier molecular flexibility index (Phi) is 9.30. The number of hydrogen-bond acceptors (Lipinski definition) is 6. The molecule has 4 rings (SSSR count). The lowest BCUT2D eigenvalue weighted by Gasteiger charge is -2.52. The zero-order valence-electron chi connectivity index (χ0n) is 22.3. The van der Waals surface area contributed by atoms with Gasteiger partial charge in [0.05, 0.1) is 6.61 Å². The summed E-state index contributed by atoms with van der Waals surface area (Å²) in [5.74, 6) is -1.04. The Morgan fingerprint density at radius 2 is 0.950 bits per heavy atom. The van der Waals surface area contributed by atoms with Crippen molar-refractivity contribution >= 4 is 5.78 Å². The summed E-state index contributed by atoms with van der Waals surface area (Å²) in [6, 6.07) is 35.0. The van der Waals surface area contributed by atoms with Gasteiger partial charge in [0.15, 0.2) is 11.4 Å². The molecule has 4 atom stereocenters. The number of carbonyl (C=O) groups excluding carboxylic acids is 1. The Hall–Kier alpha value is -3.65. The molecule has 0 spiro atoms. The maximum Gasteiger partial charge on any atom is 0.196 e. The van der Waals surface area contributed by atoms with Crippen LogP contribution in [0.4, 0.5) is 0 Å². The largest absolute Gasteiger partial charge is 0.393 e. The predicted octanol–water partition coefficient (Wildman–Crippen LogP) is 3.07. The van der Waals surface area contributed by atoms with Crippen molar-refractivity contribution in [2.45, 2.75) is 48.6 Å². The van der Waals surface area contributed by atoms with E-state index in [9.17, 15) is 30.3 Å². The van der Waals surface area contributed by atoms with Crippen LogP contribution in [0.2, 0.25) is 0 Å². The van der Waals surface area contributed by atoms with Gasteiger partial charge in [-0.25, -0.2) is 0 Å². The highest BCUT2D eigenvalue weighted by Crippen LogP contribution is 2.42. The normalized spacial score (nSPS) is 16.7. The van der Waals surface area contributed by atoms with Gasteiger partial charge in [-0.15, -0.1) is 0 Å². The van der Waals surface area contributed by atoms with Crippen molar-refractivity contribution < 1.29 is 30.3 Å². The van der Waals surface area contributed by atoms with Gasteiger partial charge in [-0.3, -0.25) is 4.79 Å². The Balaban J connectivity index is 1.87. The first-order chi connectivity index (χ1) is 19.2. The molecule has 0 heterocycles. The third-order valence-electron chi connectivity index (χ3n) is 7.64.